The summed E-state index contributed by atoms with van der Waals surface area (Å²) >= 11 is 7.22. The quantitative estimate of drug-likeness (QED) is 0.686. The summed E-state index contributed by atoms with van der Waals surface area (Å²) in [5.41, 5.74) is 1.53. The maximum atomic E-state index is 13.1. The van der Waals surface area contributed by atoms with Gasteiger partial charge in [0.05, 0.1) is 10.9 Å². The van der Waals surface area contributed by atoms with Crippen molar-refractivity contribution in [3.05, 3.63) is 50.8 Å². The molecule has 0 aromatic carbocycles. The summed E-state index contributed by atoms with van der Waals surface area (Å²) in [4.78, 5) is 18.3. The number of piperazine rings is 1. The number of anilines is 1. The standard InChI is InChI=1S/C18H21ClN4O3S2/c1-13-10-20-6-4-15(13)22-18(12-23-8-7-21-17(24)11-23)28(25,26)9-5-14-2-3-16(19)27-14/h2-6,9-10,18H,7-8,11-12H2,1H3,(H,20,22)(H,21,24). The number of aryl methyl sites for hydroxylation is 1. The van der Waals surface area contributed by atoms with E-state index in [0.29, 0.717) is 23.1 Å². The fraction of sp³-hybridized carbons (Fsp3) is 0.333. The fourth-order valence-corrected chi connectivity index (χ4v) is 5.08. The Morgan fingerprint density at radius 2 is 2.25 bits per heavy atom. The minimum absolute atomic E-state index is 0.105. The van der Waals surface area contributed by atoms with Gasteiger partial charge in [-0.1, -0.05) is 11.6 Å². The third-order valence-electron chi connectivity index (χ3n) is 4.29. The minimum Gasteiger partial charge on any atom is -0.367 e. The summed E-state index contributed by atoms with van der Waals surface area (Å²) < 4.78 is 26.7. The second-order valence-electron chi connectivity index (χ2n) is 6.44. The van der Waals surface area contributed by atoms with Crippen molar-refractivity contribution in [3.8, 4) is 0 Å². The number of rotatable bonds is 7. The highest BCUT2D eigenvalue weighted by molar-refractivity contribution is 7.95. The van der Waals surface area contributed by atoms with Gasteiger partial charge < -0.3 is 10.6 Å². The second kappa shape index (κ2) is 9.04. The van der Waals surface area contributed by atoms with Crippen LogP contribution in [0.2, 0.25) is 4.34 Å². The molecule has 1 unspecified atom stereocenters. The van der Waals surface area contributed by atoms with Gasteiger partial charge in [-0.25, -0.2) is 8.42 Å². The van der Waals surface area contributed by atoms with E-state index in [1.54, 1.807) is 36.7 Å². The van der Waals surface area contributed by atoms with Gasteiger partial charge in [0.25, 0.3) is 0 Å². The Hall–Kier alpha value is -1.94. The molecule has 2 aromatic heterocycles. The zero-order valence-electron chi connectivity index (χ0n) is 15.3. The molecule has 2 aromatic rings. The number of thiophene rings is 1. The van der Waals surface area contributed by atoms with Gasteiger partial charge in [-0.15, -0.1) is 11.3 Å². The molecule has 3 rings (SSSR count). The molecule has 10 heteroatoms. The van der Waals surface area contributed by atoms with Gasteiger partial charge in [0.1, 0.15) is 5.37 Å². The number of amides is 1. The number of halogens is 1. The average molecular weight is 441 g/mol. The van der Waals surface area contributed by atoms with E-state index in [2.05, 4.69) is 15.6 Å². The Labute approximate surface area is 173 Å². The number of nitrogens with one attached hydrogen (secondary N) is 2. The van der Waals surface area contributed by atoms with E-state index in [-0.39, 0.29) is 19.0 Å². The van der Waals surface area contributed by atoms with Gasteiger partial charge in [0.2, 0.25) is 5.91 Å². The van der Waals surface area contributed by atoms with Gasteiger partial charge >= 0.3 is 0 Å². The van der Waals surface area contributed by atoms with Crippen LogP contribution in [0.1, 0.15) is 10.4 Å². The first-order valence-electron chi connectivity index (χ1n) is 8.67. The molecular weight excluding hydrogens is 420 g/mol. The first kappa shape index (κ1) is 20.8. The van der Waals surface area contributed by atoms with Crippen molar-refractivity contribution >= 4 is 50.4 Å². The van der Waals surface area contributed by atoms with Crippen molar-refractivity contribution in [2.45, 2.75) is 12.3 Å². The molecule has 0 radical (unpaired) electrons. The molecule has 2 N–H and O–H groups in total. The SMILES string of the molecule is Cc1cnccc1NC(CN1CCNC(=O)C1)S(=O)(=O)C=Cc1ccc(Cl)s1. The van der Waals surface area contributed by atoms with Gasteiger partial charge in [0, 0.05) is 48.0 Å². The Morgan fingerprint density at radius 1 is 1.43 bits per heavy atom. The molecule has 150 valence electrons. The van der Waals surface area contributed by atoms with Gasteiger partial charge in [-0.05, 0) is 36.8 Å². The monoisotopic (exact) mass is 440 g/mol. The highest BCUT2D eigenvalue weighted by Crippen LogP contribution is 2.24. The number of hydrogen-bond acceptors (Lipinski definition) is 7. The van der Waals surface area contributed by atoms with Crippen LogP contribution in [0.3, 0.4) is 0 Å². The molecule has 1 atom stereocenters. The van der Waals surface area contributed by atoms with Crippen molar-refractivity contribution in [1.29, 1.82) is 0 Å². The molecule has 1 fully saturated rings. The van der Waals surface area contributed by atoms with Crippen LogP contribution in [0.4, 0.5) is 5.69 Å². The molecule has 7 nitrogen and oxygen atoms in total. The summed E-state index contributed by atoms with van der Waals surface area (Å²) in [5, 5.41) is 6.15. The lowest BCUT2D eigenvalue weighted by molar-refractivity contribution is -0.124. The molecule has 1 amide bonds. The largest absolute Gasteiger partial charge is 0.367 e. The molecule has 0 saturated carbocycles. The Kier molecular flexibility index (Phi) is 6.71. The topological polar surface area (TPSA) is 91.4 Å². The third-order valence-corrected chi connectivity index (χ3v) is 7.06. The van der Waals surface area contributed by atoms with E-state index in [9.17, 15) is 13.2 Å². The number of sulfone groups is 1. The van der Waals surface area contributed by atoms with Crippen molar-refractivity contribution < 1.29 is 13.2 Å². The highest BCUT2D eigenvalue weighted by Gasteiger charge is 2.28. The van der Waals surface area contributed by atoms with Crippen LogP contribution in [0.15, 0.2) is 36.0 Å². The van der Waals surface area contributed by atoms with E-state index in [1.165, 1.54) is 16.7 Å². The molecule has 3 heterocycles. The average Bonchev–Trinajstić information content (AvgIpc) is 3.07. The number of aromatic nitrogens is 1. The Balaban J connectivity index is 1.84. The fourth-order valence-electron chi connectivity index (χ4n) is 2.80. The maximum absolute atomic E-state index is 13.1. The van der Waals surface area contributed by atoms with Crippen LogP contribution in [-0.4, -0.2) is 55.8 Å². The van der Waals surface area contributed by atoms with E-state index < -0.39 is 15.2 Å². The van der Waals surface area contributed by atoms with Gasteiger partial charge in [0.15, 0.2) is 9.84 Å². The van der Waals surface area contributed by atoms with Crippen LogP contribution in [0, 0.1) is 6.92 Å². The Bertz CT molecular complexity index is 975. The predicted molar refractivity (Wildman–Crippen MR) is 113 cm³/mol. The molecule has 1 aliphatic rings. The molecule has 28 heavy (non-hydrogen) atoms. The zero-order valence-corrected chi connectivity index (χ0v) is 17.6. The smallest absolute Gasteiger partial charge is 0.234 e. The lowest BCUT2D eigenvalue weighted by Crippen LogP contribution is -2.51. The van der Waals surface area contributed by atoms with Crippen LogP contribution < -0.4 is 10.6 Å². The lowest BCUT2D eigenvalue weighted by Gasteiger charge is -2.30. The van der Waals surface area contributed by atoms with E-state index >= 15 is 0 Å². The molecule has 1 saturated heterocycles. The third kappa shape index (κ3) is 5.54. The van der Waals surface area contributed by atoms with E-state index in [1.807, 2.05) is 11.8 Å². The number of carbonyl (C=O) groups is 1. The van der Waals surface area contributed by atoms with E-state index in [4.69, 9.17) is 11.6 Å². The summed E-state index contributed by atoms with van der Waals surface area (Å²) in [5.74, 6) is -0.105. The molecule has 0 bridgehead atoms. The van der Waals surface area contributed by atoms with Crippen molar-refractivity contribution in [2.75, 3.05) is 31.5 Å². The first-order chi connectivity index (χ1) is 13.3. The van der Waals surface area contributed by atoms with Crippen LogP contribution >= 0.6 is 22.9 Å². The lowest BCUT2D eigenvalue weighted by atomic mass is 10.2. The summed E-state index contributed by atoms with van der Waals surface area (Å²) in [6.07, 6.45) is 4.82. The number of carbonyl (C=O) groups excluding carboxylic acids is 1. The van der Waals surface area contributed by atoms with Gasteiger partial charge in [-0.3, -0.25) is 14.7 Å². The zero-order chi connectivity index (χ0) is 20.1. The van der Waals surface area contributed by atoms with Crippen molar-refractivity contribution in [1.82, 2.24) is 15.2 Å². The van der Waals surface area contributed by atoms with Crippen LogP contribution in [0.25, 0.3) is 6.08 Å². The Morgan fingerprint density at radius 3 is 2.93 bits per heavy atom. The van der Waals surface area contributed by atoms with Crippen molar-refractivity contribution in [3.63, 3.8) is 0 Å². The number of hydrogen-bond donors (Lipinski definition) is 2. The first-order valence-corrected chi connectivity index (χ1v) is 11.5. The van der Waals surface area contributed by atoms with Crippen LogP contribution in [0.5, 0.6) is 0 Å². The van der Waals surface area contributed by atoms with Crippen molar-refractivity contribution in [2.24, 2.45) is 0 Å². The maximum Gasteiger partial charge on any atom is 0.234 e. The number of nitrogens with zero attached hydrogens (tertiary/aromatic N) is 2. The summed E-state index contributed by atoms with van der Waals surface area (Å²) in [7, 11) is -3.66. The molecular formula is C18H21ClN4O3S2. The summed E-state index contributed by atoms with van der Waals surface area (Å²) in [6.45, 7) is 3.32. The number of pyridine rings is 1. The minimum atomic E-state index is -3.66. The molecule has 0 aliphatic carbocycles. The molecule has 1 aliphatic heterocycles. The second-order valence-corrected chi connectivity index (χ2v) is 10.2. The van der Waals surface area contributed by atoms with E-state index in [0.717, 1.165) is 10.4 Å². The molecule has 0 spiro atoms. The highest BCUT2D eigenvalue weighted by atomic mass is 35.5. The normalized spacial score (nSPS) is 16.9. The van der Waals surface area contributed by atoms with Gasteiger partial charge in [-0.2, -0.15) is 0 Å². The summed E-state index contributed by atoms with van der Waals surface area (Å²) in [6, 6.07) is 5.23. The predicted octanol–water partition coefficient (Wildman–Crippen LogP) is 2.36. The van der Waals surface area contributed by atoms with Crippen LogP contribution in [-0.2, 0) is 14.6 Å².